The molecular weight excluding hydrogens is 334 g/mol. The molecule has 0 atom stereocenters. The number of aromatic nitrogens is 1. The second kappa shape index (κ2) is 9.53. The first-order valence-corrected chi connectivity index (χ1v) is 9.36. The molecule has 0 aliphatic rings. The van der Waals surface area contributed by atoms with Gasteiger partial charge in [0.15, 0.2) is 0 Å². The van der Waals surface area contributed by atoms with E-state index in [-0.39, 0.29) is 11.8 Å². The van der Waals surface area contributed by atoms with E-state index in [0.29, 0.717) is 12.1 Å². The summed E-state index contributed by atoms with van der Waals surface area (Å²) >= 11 is 0. The Labute approximate surface area is 160 Å². The van der Waals surface area contributed by atoms with Crippen molar-refractivity contribution in [2.75, 3.05) is 17.2 Å². The average molecular weight is 359 g/mol. The number of benzene rings is 2. The minimum absolute atomic E-state index is 0.0193. The van der Waals surface area contributed by atoms with Crippen molar-refractivity contribution in [2.45, 2.75) is 25.7 Å². The predicted molar refractivity (Wildman–Crippen MR) is 111 cm³/mol. The van der Waals surface area contributed by atoms with Gasteiger partial charge in [0.2, 0.25) is 5.91 Å². The van der Waals surface area contributed by atoms with Gasteiger partial charge in [-0.05, 0) is 29.7 Å². The van der Waals surface area contributed by atoms with E-state index in [1.165, 1.54) is 0 Å². The van der Waals surface area contributed by atoms with Crippen molar-refractivity contribution in [1.29, 1.82) is 0 Å². The number of carbonyl (C=O) groups excluding carboxylic acids is 1. The van der Waals surface area contributed by atoms with Crippen molar-refractivity contribution in [3.05, 3.63) is 90.1 Å². The summed E-state index contributed by atoms with van der Waals surface area (Å²) in [6, 6.07) is 24.1. The summed E-state index contributed by atoms with van der Waals surface area (Å²) in [5, 5.41) is 6.19. The third-order valence-electron chi connectivity index (χ3n) is 4.40. The number of anilines is 2. The van der Waals surface area contributed by atoms with Crippen LogP contribution in [0.25, 0.3) is 0 Å². The highest BCUT2D eigenvalue weighted by molar-refractivity contribution is 5.91. The van der Waals surface area contributed by atoms with Crippen LogP contribution in [0.5, 0.6) is 0 Å². The Balaban J connectivity index is 1.69. The van der Waals surface area contributed by atoms with Gasteiger partial charge in [-0.2, -0.15) is 0 Å². The number of rotatable bonds is 8. The van der Waals surface area contributed by atoms with Crippen LogP contribution in [0.1, 0.15) is 36.8 Å². The monoisotopic (exact) mass is 359 g/mol. The van der Waals surface area contributed by atoms with E-state index in [2.05, 4.69) is 46.8 Å². The number of hydrogen-bond donors (Lipinski definition) is 2. The molecule has 0 bridgehead atoms. The summed E-state index contributed by atoms with van der Waals surface area (Å²) in [6.07, 6.45) is 3.11. The van der Waals surface area contributed by atoms with Crippen molar-refractivity contribution < 1.29 is 4.79 Å². The summed E-state index contributed by atoms with van der Waals surface area (Å²) < 4.78 is 0. The maximum atomic E-state index is 12.7. The summed E-state index contributed by atoms with van der Waals surface area (Å²) in [6.45, 7) is 2.99. The lowest BCUT2D eigenvalue weighted by atomic mass is 9.88. The Hall–Kier alpha value is -3.14. The molecule has 0 saturated heterocycles. The second-order valence-corrected chi connectivity index (χ2v) is 6.49. The quantitative estimate of drug-likeness (QED) is 0.591. The van der Waals surface area contributed by atoms with Crippen molar-refractivity contribution in [2.24, 2.45) is 0 Å². The Morgan fingerprint density at radius 3 is 2.07 bits per heavy atom. The van der Waals surface area contributed by atoms with Crippen LogP contribution in [0.15, 0.2) is 79.0 Å². The van der Waals surface area contributed by atoms with E-state index < -0.39 is 0 Å². The van der Waals surface area contributed by atoms with Crippen molar-refractivity contribution >= 4 is 17.4 Å². The number of hydrogen-bond acceptors (Lipinski definition) is 3. The molecule has 4 nitrogen and oxygen atoms in total. The third-order valence-corrected chi connectivity index (χ3v) is 4.40. The molecule has 2 aromatic carbocycles. The highest BCUT2D eigenvalue weighted by atomic mass is 16.1. The second-order valence-electron chi connectivity index (χ2n) is 6.49. The van der Waals surface area contributed by atoms with E-state index in [4.69, 9.17) is 0 Å². The molecule has 1 amide bonds. The van der Waals surface area contributed by atoms with Crippen LogP contribution in [-0.2, 0) is 4.79 Å². The number of nitrogens with one attached hydrogen (secondary N) is 2. The van der Waals surface area contributed by atoms with Gasteiger partial charge in [-0.25, -0.2) is 4.98 Å². The van der Waals surface area contributed by atoms with Crippen LogP contribution in [0.4, 0.5) is 11.5 Å². The molecule has 1 aromatic heterocycles. The summed E-state index contributed by atoms with van der Waals surface area (Å²) in [7, 11) is 0. The van der Waals surface area contributed by atoms with E-state index in [1.807, 2.05) is 48.5 Å². The van der Waals surface area contributed by atoms with E-state index in [0.717, 1.165) is 29.9 Å². The number of pyridine rings is 1. The summed E-state index contributed by atoms with van der Waals surface area (Å²) in [4.78, 5) is 17.0. The number of carbonyl (C=O) groups is 1. The fourth-order valence-electron chi connectivity index (χ4n) is 3.02. The maximum absolute atomic E-state index is 12.7. The SMILES string of the molecule is CCCNc1ccc(NC(=O)CC(c2ccccc2)c2ccccc2)cn1. The van der Waals surface area contributed by atoms with Gasteiger partial charge in [0.25, 0.3) is 0 Å². The first kappa shape index (κ1) is 18.6. The highest BCUT2D eigenvalue weighted by Gasteiger charge is 2.18. The van der Waals surface area contributed by atoms with Gasteiger partial charge in [-0.15, -0.1) is 0 Å². The van der Waals surface area contributed by atoms with Crippen LogP contribution >= 0.6 is 0 Å². The highest BCUT2D eigenvalue weighted by Crippen LogP contribution is 2.28. The summed E-state index contributed by atoms with van der Waals surface area (Å²) in [5.74, 6) is 0.816. The first-order valence-electron chi connectivity index (χ1n) is 9.36. The molecule has 27 heavy (non-hydrogen) atoms. The minimum atomic E-state index is -0.0243. The molecule has 0 spiro atoms. The summed E-state index contributed by atoms with van der Waals surface area (Å²) in [5.41, 5.74) is 2.98. The van der Waals surface area contributed by atoms with Gasteiger partial charge in [-0.3, -0.25) is 4.79 Å². The largest absolute Gasteiger partial charge is 0.370 e. The molecule has 0 aliphatic heterocycles. The van der Waals surface area contributed by atoms with E-state index in [1.54, 1.807) is 6.20 Å². The molecule has 1 heterocycles. The van der Waals surface area contributed by atoms with Gasteiger partial charge in [0.05, 0.1) is 11.9 Å². The lowest BCUT2D eigenvalue weighted by Gasteiger charge is -2.18. The maximum Gasteiger partial charge on any atom is 0.225 e. The van der Waals surface area contributed by atoms with Gasteiger partial charge in [-0.1, -0.05) is 67.6 Å². The molecule has 0 fully saturated rings. The van der Waals surface area contributed by atoms with E-state index in [9.17, 15) is 4.79 Å². The fraction of sp³-hybridized carbons (Fsp3) is 0.217. The number of nitrogens with zero attached hydrogens (tertiary/aromatic N) is 1. The molecule has 0 saturated carbocycles. The normalized spacial score (nSPS) is 10.6. The van der Waals surface area contributed by atoms with Gasteiger partial charge in [0, 0.05) is 18.9 Å². The Morgan fingerprint density at radius 1 is 0.926 bits per heavy atom. The molecule has 0 radical (unpaired) electrons. The minimum Gasteiger partial charge on any atom is -0.370 e. The molecular formula is C23H25N3O. The van der Waals surface area contributed by atoms with Gasteiger partial charge < -0.3 is 10.6 Å². The number of amides is 1. The van der Waals surface area contributed by atoms with Crippen LogP contribution in [-0.4, -0.2) is 17.4 Å². The molecule has 4 heteroatoms. The fourth-order valence-corrected chi connectivity index (χ4v) is 3.02. The van der Waals surface area contributed by atoms with Crippen LogP contribution < -0.4 is 10.6 Å². The lowest BCUT2D eigenvalue weighted by molar-refractivity contribution is -0.116. The third kappa shape index (κ3) is 5.42. The van der Waals surface area contributed by atoms with Crippen molar-refractivity contribution in [3.63, 3.8) is 0 Å². The lowest BCUT2D eigenvalue weighted by Crippen LogP contribution is -2.16. The first-order chi connectivity index (χ1) is 13.3. The molecule has 0 unspecified atom stereocenters. The smallest absolute Gasteiger partial charge is 0.225 e. The van der Waals surface area contributed by atoms with Crippen molar-refractivity contribution in [3.8, 4) is 0 Å². The topological polar surface area (TPSA) is 54.0 Å². The Morgan fingerprint density at radius 2 is 1.56 bits per heavy atom. The van der Waals surface area contributed by atoms with Gasteiger partial charge in [0.1, 0.15) is 5.82 Å². The molecule has 3 rings (SSSR count). The molecule has 2 N–H and O–H groups in total. The molecule has 138 valence electrons. The zero-order valence-electron chi connectivity index (χ0n) is 15.6. The van der Waals surface area contributed by atoms with Crippen LogP contribution in [0.3, 0.4) is 0 Å². The average Bonchev–Trinajstić information content (AvgIpc) is 2.73. The standard InChI is InChI=1S/C23H25N3O/c1-2-15-24-22-14-13-20(17-25-22)26-23(27)16-21(18-9-5-3-6-10-18)19-11-7-4-8-12-19/h3-14,17,21H,2,15-16H2,1H3,(H,24,25)(H,26,27). The Bertz CT molecular complexity index is 793. The van der Waals surface area contributed by atoms with Crippen LogP contribution in [0.2, 0.25) is 0 Å². The molecule has 3 aromatic rings. The molecule has 0 aliphatic carbocycles. The van der Waals surface area contributed by atoms with Gasteiger partial charge >= 0.3 is 0 Å². The predicted octanol–water partition coefficient (Wildman–Crippen LogP) is 5.06. The van der Waals surface area contributed by atoms with E-state index >= 15 is 0 Å². The zero-order valence-corrected chi connectivity index (χ0v) is 15.6. The van der Waals surface area contributed by atoms with Crippen LogP contribution in [0, 0.1) is 0 Å². The zero-order chi connectivity index (χ0) is 18.9. The van der Waals surface area contributed by atoms with Crippen molar-refractivity contribution in [1.82, 2.24) is 4.98 Å². The Kier molecular flexibility index (Phi) is 6.58.